The van der Waals surface area contributed by atoms with Gasteiger partial charge in [0.25, 0.3) is 0 Å². The molecule has 3 heteroatoms. The monoisotopic (exact) mass is 333 g/mol. The van der Waals surface area contributed by atoms with Crippen molar-refractivity contribution in [2.75, 3.05) is 6.54 Å². The van der Waals surface area contributed by atoms with Crippen molar-refractivity contribution in [3.63, 3.8) is 0 Å². The average Bonchev–Trinajstić information content (AvgIpc) is 2.58. The summed E-state index contributed by atoms with van der Waals surface area (Å²) < 4.78 is 5.35. The number of carbonyl (C=O) groups excluding carboxylic acids is 1. The van der Waals surface area contributed by atoms with E-state index in [2.05, 4.69) is 30.7 Å². The van der Waals surface area contributed by atoms with Crippen molar-refractivity contribution in [1.29, 1.82) is 0 Å². The van der Waals surface area contributed by atoms with Crippen LogP contribution in [0.1, 0.15) is 26.3 Å². The second-order valence-corrected chi connectivity index (χ2v) is 6.56. The SMILES string of the molecule is C=CCN(C#Cc1ccc(-c2ccccc2)cc1)C(=O)OC(C)(C)C. The van der Waals surface area contributed by atoms with Crippen LogP contribution in [0.2, 0.25) is 0 Å². The summed E-state index contributed by atoms with van der Waals surface area (Å²) in [5, 5.41) is 0. The van der Waals surface area contributed by atoms with Crippen LogP contribution in [0.25, 0.3) is 11.1 Å². The second kappa shape index (κ2) is 8.21. The van der Waals surface area contributed by atoms with Crippen LogP contribution in [-0.2, 0) is 4.74 Å². The van der Waals surface area contributed by atoms with Crippen LogP contribution in [0, 0.1) is 12.0 Å². The van der Waals surface area contributed by atoms with Crippen molar-refractivity contribution in [2.45, 2.75) is 26.4 Å². The molecular weight excluding hydrogens is 310 g/mol. The molecule has 0 fully saturated rings. The first-order valence-electron chi connectivity index (χ1n) is 8.17. The molecule has 0 unspecified atom stereocenters. The summed E-state index contributed by atoms with van der Waals surface area (Å²) in [5.74, 6) is 3.00. The maximum absolute atomic E-state index is 12.2. The predicted octanol–water partition coefficient (Wildman–Crippen LogP) is 5.09. The molecule has 0 aliphatic heterocycles. The number of hydrogen-bond acceptors (Lipinski definition) is 2. The lowest BCUT2D eigenvalue weighted by atomic mass is 10.0. The molecule has 0 saturated heterocycles. The van der Waals surface area contributed by atoms with Gasteiger partial charge in [-0.3, -0.25) is 0 Å². The minimum Gasteiger partial charge on any atom is -0.443 e. The Kier molecular flexibility index (Phi) is 6.03. The van der Waals surface area contributed by atoms with E-state index >= 15 is 0 Å². The van der Waals surface area contributed by atoms with Gasteiger partial charge in [0, 0.05) is 11.6 Å². The van der Waals surface area contributed by atoms with E-state index in [9.17, 15) is 4.79 Å². The maximum atomic E-state index is 12.2. The maximum Gasteiger partial charge on any atom is 0.422 e. The predicted molar refractivity (Wildman–Crippen MR) is 102 cm³/mol. The van der Waals surface area contributed by atoms with E-state index in [1.807, 2.05) is 63.2 Å². The van der Waals surface area contributed by atoms with Crippen LogP contribution in [-0.4, -0.2) is 23.1 Å². The standard InChI is InChI=1S/C22H23NO2/c1-5-16-23(21(24)25-22(2,3)4)17-15-18-11-13-20(14-12-18)19-9-7-6-8-10-19/h5-14H,1,16H2,2-4H3. The number of hydrogen-bond donors (Lipinski definition) is 0. The van der Waals surface area contributed by atoms with E-state index in [4.69, 9.17) is 4.74 Å². The van der Waals surface area contributed by atoms with Gasteiger partial charge < -0.3 is 4.74 Å². The third kappa shape index (κ3) is 5.86. The molecule has 1 amide bonds. The van der Waals surface area contributed by atoms with E-state index in [1.165, 1.54) is 4.90 Å². The molecular formula is C22H23NO2. The molecule has 0 heterocycles. The van der Waals surface area contributed by atoms with Gasteiger partial charge in [0.1, 0.15) is 5.60 Å². The molecule has 0 N–H and O–H groups in total. The lowest BCUT2D eigenvalue weighted by Crippen LogP contribution is -2.34. The smallest absolute Gasteiger partial charge is 0.422 e. The van der Waals surface area contributed by atoms with E-state index in [0.29, 0.717) is 6.54 Å². The molecule has 0 aliphatic rings. The zero-order chi connectivity index (χ0) is 18.3. The Morgan fingerprint density at radius 3 is 2.24 bits per heavy atom. The highest BCUT2D eigenvalue weighted by Gasteiger charge is 2.20. The van der Waals surface area contributed by atoms with Crippen molar-refractivity contribution in [2.24, 2.45) is 0 Å². The summed E-state index contributed by atoms with van der Waals surface area (Å²) in [6, 6.07) is 20.9. The number of amides is 1. The number of ether oxygens (including phenoxy) is 1. The van der Waals surface area contributed by atoms with Gasteiger partial charge in [-0.15, -0.1) is 6.58 Å². The number of nitrogens with zero attached hydrogens (tertiary/aromatic N) is 1. The van der Waals surface area contributed by atoms with Crippen molar-refractivity contribution in [3.05, 3.63) is 72.8 Å². The van der Waals surface area contributed by atoms with Gasteiger partial charge in [-0.1, -0.05) is 48.5 Å². The number of benzene rings is 2. The minimum absolute atomic E-state index is 0.310. The van der Waals surface area contributed by atoms with Gasteiger partial charge in [0.2, 0.25) is 0 Å². The fourth-order valence-electron chi connectivity index (χ4n) is 2.12. The van der Waals surface area contributed by atoms with Crippen molar-refractivity contribution >= 4 is 6.09 Å². The molecule has 25 heavy (non-hydrogen) atoms. The molecule has 0 aromatic heterocycles. The highest BCUT2D eigenvalue weighted by Crippen LogP contribution is 2.19. The Balaban J connectivity index is 2.14. The van der Waals surface area contributed by atoms with Crippen LogP contribution in [0.4, 0.5) is 4.79 Å². The van der Waals surface area contributed by atoms with Gasteiger partial charge in [-0.25, -0.2) is 9.69 Å². The van der Waals surface area contributed by atoms with Gasteiger partial charge in [-0.05, 0) is 50.0 Å². The van der Waals surface area contributed by atoms with E-state index < -0.39 is 11.7 Å². The Bertz CT molecular complexity index is 775. The average molecular weight is 333 g/mol. The van der Waals surface area contributed by atoms with Crippen molar-refractivity contribution < 1.29 is 9.53 Å². The lowest BCUT2D eigenvalue weighted by molar-refractivity contribution is 0.0368. The molecule has 0 spiro atoms. The Labute approximate surface area is 149 Å². The summed E-state index contributed by atoms with van der Waals surface area (Å²) in [4.78, 5) is 13.5. The van der Waals surface area contributed by atoms with E-state index in [1.54, 1.807) is 6.08 Å². The first-order chi connectivity index (χ1) is 11.9. The van der Waals surface area contributed by atoms with Crippen LogP contribution in [0.3, 0.4) is 0 Å². The van der Waals surface area contributed by atoms with Crippen LogP contribution in [0.5, 0.6) is 0 Å². The summed E-state index contributed by atoms with van der Waals surface area (Å²) in [7, 11) is 0. The van der Waals surface area contributed by atoms with E-state index in [-0.39, 0.29) is 0 Å². The largest absolute Gasteiger partial charge is 0.443 e. The minimum atomic E-state index is -0.560. The molecule has 2 aromatic carbocycles. The number of rotatable bonds is 3. The van der Waals surface area contributed by atoms with Crippen LogP contribution in [0.15, 0.2) is 67.3 Å². The lowest BCUT2D eigenvalue weighted by Gasteiger charge is -2.23. The molecule has 0 aliphatic carbocycles. The molecule has 2 aromatic rings. The summed E-state index contributed by atoms with van der Waals surface area (Å²) in [6.07, 6.45) is 1.15. The van der Waals surface area contributed by atoms with Gasteiger partial charge >= 0.3 is 6.09 Å². The molecule has 128 valence electrons. The summed E-state index contributed by atoms with van der Waals surface area (Å²) in [6.45, 7) is 9.45. The Morgan fingerprint density at radius 1 is 1.08 bits per heavy atom. The molecule has 0 radical (unpaired) electrons. The van der Waals surface area contributed by atoms with Crippen LogP contribution < -0.4 is 0 Å². The van der Waals surface area contributed by atoms with Crippen molar-refractivity contribution in [3.8, 4) is 23.1 Å². The molecule has 0 bridgehead atoms. The van der Waals surface area contributed by atoms with Gasteiger partial charge in [0.15, 0.2) is 0 Å². The third-order valence-corrected chi connectivity index (χ3v) is 3.25. The molecule has 2 rings (SSSR count). The first-order valence-corrected chi connectivity index (χ1v) is 8.17. The van der Waals surface area contributed by atoms with Crippen molar-refractivity contribution in [1.82, 2.24) is 4.90 Å². The summed E-state index contributed by atoms with van der Waals surface area (Å²) >= 11 is 0. The Morgan fingerprint density at radius 2 is 1.68 bits per heavy atom. The second-order valence-electron chi connectivity index (χ2n) is 6.56. The molecule has 3 nitrogen and oxygen atoms in total. The molecule has 0 saturated carbocycles. The topological polar surface area (TPSA) is 29.5 Å². The summed E-state index contributed by atoms with van der Waals surface area (Å²) in [5.41, 5.74) is 2.55. The zero-order valence-electron chi connectivity index (χ0n) is 15.0. The fourth-order valence-corrected chi connectivity index (χ4v) is 2.12. The first kappa shape index (κ1) is 18.4. The third-order valence-electron chi connectivity index (χ3n) is 3.25. The quantitative estimate of drug-likeness (QED) is 0.445. The van der Waals surface area contributed by atoms with E-state index in [0.717, 1.165) is 16.7 Å². The fraction of sp³-hybridized carbons (Fsp3) is 0.227. The van der Waals surface area contributed by atoms with Gasteiger partial charge in [0.05, 0.1) is 6.54 Å². The Hall–Kier alpha value is -2.99. The zero-order valence-corrected chi connectivity index (χ0v) is 15.0. The normalized spacial score (nSPS) is 10.4. The molecule has 0 atom stereocenters. The van der Waals surface area contributed by atoms with Gasteiger partial charge in [-0.2, -0.15) is 0 Å². The highest BCUT2D eigenvalue weighted by atomic mass is 16.6. The number of carbonyl (C=O) groups is 1. The highest BCUT2D eigenvalue weighted by molar-refractivity contribution is 5.71. The van der Waals surface area contributed by atoms with Crippen LogP contribution >= 0.6 is 0 Å².